The van der Waals surface area contributed by atoms with Crippen LogP contribution in [0.1, 0.15) is 20.8 Å². The highest BCUT2D eigenvalue weighted by atomic mass is 35.5. The van der Waals surface area contributed by atoms with Crippen molar-refractivity contribution in [3.05, 3.63) is 23.2 Å². The van der Waals surface area contributed by atoms with Crippen LogP contribution in [0.15, 0.2) is 18.2 Å². The molecule has 0 bridgehead atoms. The second kappa shape index (κ2) is 6.54. The summed E-state index contributed by atoms with van der Waals surface area (Å²) in [6, 6.07) is 4.66. The van der Waals surface area contributed by atoms with Crippen molar-refractivity contribution in [2.24, 2.45) is 11.7 Å². The molecule has 0 aliphatic carbocycles. The zero-order chi connectivity index (χ0) is 14.6. The molecule has 104 valence electrons. The summed E-state index contributed by atoms with van der Waals surface area (Å²) in [4.78, 5) is 22.8. The third-order valence-electron chi connectivity index (χ3n) is 2.75. The fraction of sp³-hybridized carbons (Fsp3) is 0.385. The largest absolute Gasteiger partial charge is 0.327 e. The first kappa shape index (κ1) is 15.5. The fourth-order valence-corrected chi connectivity index (χ4v) is 1.61. The van der Waals surface area contributed by atoms with E-state index in [2.05, 4.69) is 10.6 Å². The molecule has 0 heterocycles. The van der Waals surface area contributed by atoms with E-state index in [-0.39, 0.29) is 23.8 Å². The predicted octanol–water partition coefficient (Wildman–Crippen LogP) is 2.22. The number of hydrogen-bond donors (Lipinski definition) is 3. The third kappa shape index (κ3) is 4.54. The Labute approximate surface area is 117 Å². The smallest absolute Gasteiger partial charge is 0.228 e. The maximum atomic E-state index is 11.8. The van der Waals surface area contributed by atoms with E-state index in [1.165, 1.54) is 6.92 Å². The Morgan fingerprint density at radius 1 is 1.26 bits per heavy atom. The van der Waals surface area contributed by atoms with E-state index in [1.807, 2.05) is 0 Å². The van der Waals surface area contributed by atoms with Crippen molar-refractivity contribution in [1.82, 2.24) is 0 Å². The summed E-state index contributed by atoms with van der Waals surface area (Å²) in [5, 5.41) is 5.68. The van der Waals surface area contributed by atoms with Gasteiger partial charge >= 0.3 is 0 Å². The summed E-state index contributed by atoms with van der Waals surface area (Å²) in [6.45, 7) is 4.93. The van der Waals surface area contributed by atoms with Gasteiger partial charge in [-0.05, 0) is 25.1 Å². The van der Waals surface area contributed by atoms with Crippen LogP contribution in [-0.2, 0) is 9.59 Å². The molecule has 0 radical (unpaired) electrons. The minimum absolute atomic E-state index is 0.168. The molecule has 0 saturated carbocycles. The number of carbonyl (C=O) groups is 2. The number of nitrogens with one attached hydrogen (secondary N) is 2. The van der Waals surface area contributed by atoms with E-state index < -0.39 is 0 Å². The summed E-state index contributed by atoms with van der Waals surface area (Å²) in [5.74, 6) is -0.670. The average Bonchev–Trinajstić information content (AvgIpc) is 2.31. The molecule has 4 N–H and O–H groups in total. The predicted molar refractivity (Wildman–Crippen MR) is 77.2 cm³/mol. The lowest BCUT2D eigenvalue weighted by Crippen LogP contribution is -2.34. The molecule has 2 unspecified atom stereocenters. The van der Waals surface area contributed by atoms with E-state index >= 15 is 0 Å². The minimum Gasteiger partial charge on any atom is -0.327 e. The van der Waals surface area contributed by atoms with Gasteiger partial charge in [0.2, 0.25) is 11.8 Å². The Bertz CT molecular complexity index is 489. The number of benzene rings is 1. The normalized spacial score (nSPS) is 13.5. The van der Waals surface area contributed by atoms with Crippen LogP contribution in [0.4, 0.5) is 11.4 Å². The van der Waals surface area contributed by atoms with E-state index in [9.17, 15) is 9.59 Å². The van der Waals surface area contributed by atoms with Gasteiger partial charge in [-0.1, -0.05) is 18.5 Å². The molecule has 1 aromatic carbocycles. The van der Waals surface area contributed by atoms with Gasteiger partial charge in [0.25, 0.3) is 0 Å². The number of rotatable bonds is 4. The lowest BCUT2D eigenvalue weighted by Gasteiger charge is -2.16. The first-order chi connectivity index (χ1) is 8.81. The maximum Gasteiger partial charge on any atom is 0.228 e. The molecule has 2 amide bonds. The Balaban J connectivity index is 2.79. The van der Waals surface area contributed by atoms with Crippen LogP contribution < -0.4 is 16.4 Å². The lowest BCUT2D eigenvalue weighted by molar-refractivity contribution is -0.119. The van der Waals surface area contributed by atoms with Crippen molar-refractivity contribution in [2.75, 3.05) is 10.6 Å². The van der Waals surface area contributed by atoms with Gasteiger partial charge in [-0.15, -0.1) is 0 Å². The minimum atomic E-state index is -0.297. The van der Waals surface area contributed by atoms with Gasteiger partial charge in [0.1, 0.15) is 0 Å². The van der Waals surface area contributed by atoms with Crippen LogP contribution in [0.3, 0.4) is 0 Å². The molecule has 0 aromatic heterocycles. The van der Waals surface area contributed by atoms with Gasteiger partial charge in [-0.2, -0.15) is 0 Å². The third-order valence-corrected chi connectivity index (χ3v) is 3.06. The molecule has 1 aromatic rings. The number of carbonyl (C=O) groups excluding carboxylic acids is 2. The molecule has 0 saturated heterocycles. The summed E-state index contributed by atoms with van der Waals surface area (Å²) >= 11 is 6.01. The van der Waals surface area contributed by atoms with Crippen LogP contribution >= 0.6 is 11.6 Å². The molecule has 0 spiro atoms. The van der Waals surface area contributed by atoms with Gasteiger partial charge in [0.05, 0.1) is 16.6 Å². The van der Waals surface area contributed by atoms with Gasteiger partial charge in [0.15, 0.2) is 0 Å². The topological polar surface area (TPSA) is 84.2 Å². The van der Waals surface area contributed by atoms with Crippen molar-refractivity contribution in [1.29, 1.82) is 0 Å². The van der Waals surface area contributed by atoms with E-state index in [0.29, 0.717) is 16.4 Å². The Kier molecular flexibility index (Phi) is 5.32. The summed E-state index contributed by atoms with van der Waals surface area (Å²) in [7, 11) is 0. The van der Waals surface area contributed by atoms with E-state index in [4.69, 9.17) is 17.3 Å². The molecular weight excluding hydrogens is 266 g/mol. The van der Waals surface area contributed by atoms with Crippen molar-refractivity contribution < 1.29 is 9.59 Å². The molecule has 0 fully saturated rings. The number of amides is 2. The van der Waals surface area contributed by atoms with Crippen LogP contribution in [-0.4, -0.2) is 17.9 Å². The van der Waals surface area contributed by atoms with Crippen LogP contribution in [0, 0.1) is 5.92 Å². The highest BCUT2D eigenvalue weighted by molar-refractivity contribution is 6.34. The molecule has 6 heteroatoms. The van der Waals surface area contributed by atoms with Crippen molar-refractivity contribution in [3.63, 3.8) is 0 Å². The maximum absolute atomic E-state index is 11.8. The van der Waals surface area contributed by atoms with Crippen molar-refractivity contribution in [3.8, 4) is 0 Å². The first-order valence-corrected chi connectivity index (χ1v) is 6.32. The van der Waals surface area contributed by atoms with Gasteiger partial charge in [-0.3, -0.25) is 9.59 Å². The lowest BCUT2D eigenvalue weighted by atomic mass is 10.0. The fourth-order valence-electron chi connectivity index (χ4n) is 1.38. The zero-order valence-electron chi connectivity index (χ0n) is 11.2. The summed E-state index contributed by atoms with van der Waals surface area (Å²) < 4.78 is 0. The van der Waals surface area contributed by atoms with Crippen molar-refractivity contribution >= 4 is 34.8 Å². The van der Waals surface area contributed by atoms with Crippen molar-refractivity contribution in [2.45, 2.75) is 26.8 Å². The SMILES string of the molecule is CC(=O)Nc1ccc(NC(=O)C(C)C(C)N)cc1Cl. The Morgan fingerprint density at radius 3 is 2.37 bits per heavy atom. The first-order valence-electron chi connectivity index (χ1n) is 5.95. The Morgan fingerprint density at radius 2 is 1.89 bits per heavy atom. The molecule has 0 aliphatic heterocycles. The van der Waals surface area contributed by atoms with E-state index in [0.717, 1.165) is 0 Å². The molecule has 1 rings (SSSR count). The summed E-state index contributed by atoms with van der Waals surface area (Å²) in [6.07, 6.45) is 0. The average molecular weight is 284 g/mol. The zero-order valence-corrected chi connectivity index (χ0v) is 11.9. The van der Waals surface area contributed by atoms with Gasteiger partial charge < -0.3 is 16.4 Å². The van der Waals surface area contributed by atoms with Gasteiger partial charge in [-0.25, -0.2) is 0 Å². The summed E-state index contributed by atoms with van der Waals surface area (Å²) in [5.41, 5.74) is 6.74. The van der Waals surface area contributed by atoms with E-state index in [1.54, 1.807) is 32.0 Å². The number of halogens is 1. The van der Waals surface area contributed by atoms with Crippen LogP contribution in [0.2, 0.25) is 5.02 Å². The molecule has 0 aliphatic rings. The number of nitrogens with two attached hydrogens (primary N) is 1. The van der Waals surface area contributed by atoms with Gasteiger partial charge in [0, 0.05) is 18.7 Å². The second-order valence-corrected chi connectivity index (χ2v) is 4.92. The quantitative estimate of drug-likeness (QED) is 0.792. The standard InChI is InChI=1S/C13H18ClN3O2/c1-7(8(2)15)13(19)17-10-4-5-12(11(14)6-10)16-9(3)18/h4-8H,15H2,1-3H3,(H,16,18)(H,17,19). The monoisotopic (exact) mass is 283 g/mol. The molecule has 2 atom stereocenters. The Hall–Kier alpha value is -1.59. The molecular formula is C13H18ClN3O2. The molecule has 19 heavy (non-hydrogen) atoms. The van der Waals surface area contributed by atoms with Crippen LogP contribution in [0.25, 0.3) is 0 Å². The van der Waals surface area contributed by atoms with Crippen LogP contribution in [0.5, 0.6) is 0 Å². The molecule has 5 nitrogen and oxygen atoms in total. The highest BCUT2D eigenvalue weighted by Gasteiger charge is 2.17. The highest BCUT2D eigenvalue weighted by Crippen LogP contribution is 2.25. The number of hydrogen-bond acceptors (Lipinski definition) is 3. The number of anilines is 2. The second-order valence-electron chi connectivity index (χ2n) is 4.51.